The lowest BCUT2D eigenvalue weighted by Gasteiger charge is -2.24. The SMILES string of the molecule is CCN(Cc1cccc(C)c1)c1cccc(C)c1.CCN(Cc1cccc(S(=O)(=O)OC)c1)c1cccc(C)c1.CCNc1cccc(C)c1. The van der Waals surface area contributed by atoms with E-state index in [1.54, 1.807) is 18.2 Å². The number of aryl methyl sites for hydroxylation is 4. The van der Waals surface area contributed by atoms with Gasteiger partial charge in [0.05, 0.1) is 12.0 Å². The van der Waals surface area contributed by atoms with E-state index in [4.69, 9.17) is 0 Å². The first-order valence-corrected chi connectivity index (χ1v) is 18.8. The molecule has 1 N–H and O–H groups in total. The second-order valence-electron chi connectivity index (χ2n) is 12.4. The Morgan fingerprint density at radius 3 is 1.44 bits per heavy atom. The third-order valence-electron chi connectivity index (χ3n) is 8.13. The molecular weight excluding hydrogens is 639 g/mol. The number of nitrogens with zero attached hydrogens (tertiary/aromatic N) is 2. The van der Waals surface area contributed by atoms with Gasteiger partial charge in [0.1, 0.15) is 0 Å². The largest absolute Gasteiger partial charge is 0.385 e. The fourth-order valence-corrected chi connectivity index (χ4v) is 6.26. The molecule has 0 heterocycles. The molecule has 5 aromatic rings. The highest BCUT2D eigenvalue weighted by atomic mass is 32.2. The van der Waals surface area contributed by atoms with Crippen molar-refractivity contribution in [2.45, 2.75) is 66.5 Å². The summed E-state index contributed by atoms with van der Waals surface area (Å²) in [6.07, 6.45) is 0. The first-order valence-electron chi connectivity index (χ1n) is 17.4. The monoisotopic (exact) mass is 693 g/mol. The molecular formula is C43H55N3O3S. The third kappa shape index (κ3) is 13.0. The predicted octanol–water partition coefficient (Wildman–Crippen LogP) is 10.1. The van der Waals surface area contributed by atoms with Crippen molar-refractivity contribution in [1.29, 1.82) is 0 Å². The Bertz CT molecular complexity index is 1870. The molecule has 7 heteroatoms. The molecule has 0 atom stereocenters. The number of nitrogens with one attached hydrogen (secondary N) is 1. The summed E-state index contributed by atoms with van der Waals surface area (Å²) in [6.45, 7) is 19.3. The van der Waals surface area contributed by atoms with Crippen molar-refractivity contribution in [3.05, 3.63) is 155 Å². The van der Waals surface area contributed by atoms with E-state index in [9.17, 15) is 8.42 Å². The molecule has 0 fully saturated rings. The number of hydrogen-bond donors (Lipinski definition) is 1. The van der Waals surface area contributed by atoms with Gasteiger partial charge in [-0.2, -0.15) is 8.42 Å². The van der Waals surface area contributed by atoms with Crippen molar-refractivity contribution in [2.75, 3.05) is 41.9 Å². The van der Waals surface area contributed by atoms with Crippen LogP contribution in [0, 0.1) is 27.7 Å². The van der Waals surface area contributed by atoms with E-state index < -0.39 is 10.1 Å². The Balaban J connectivity index is 0.000000216. The van der Waals surface area contributed by atoms with Gasteiger partial charge in [-0.1, -0.05) is 78.4 Å². The third-order valence-corrected chi connectivity index (χ3v) is 9.40. The molecule has 0 spiro atoms. The second kappa shape index (κ2) is 20.2. The first kappa shape index (κ1) is 39.8. The van der Waals surface area contributed by atoms with Crippen molar-refractivity contribution in [2.24, 2.45) is 0 Å². The molecule has 0 unspecified atom stereocenters. The number of hydrogen-bond acceptors (Lipinski definition) is 6. The van der Waals surface area contributed by atoms with Crippen LogP contribution in [0.2, 0.25) is 0 Å². The summed E-state index contributed by atoms with van der Waals surface area (Å²) in [4.78, 5) is 4.79. The molecule has 0 saturated heterocycles. The van der Waals surface area contributed by atoms with Gasteiger partial charge in [0.2, 0.25) is 0 Å². The quantitative estimate of drug-likeness (QED) is 0.131. The molecule has 50 heavy (non-hydrogen) atoms. The highest BCUT2D eigenvalue weighted by molar-refractivity contribution is 7.86. The average molecular weight is 694 g/mol. The normalized spacial score (nSPS) is 10.6. The Kier molecular flexibility index (Phi) is 16.1. The van der Waals surface area contributed by atoms with Gasteiger partial charge < -0.3 is 15.1 Å². The second-order valence-corrected chi connectivity index (χ2v) is 14.1. The zero-order chi connectivity index (χ0) is 36.5. The Morgan fingerprint density at radius 1 is 0.560 bits per heavy atom. The standard InChI is InChI=1S/C17H21NO3S.C17H21N.C9H13N/c1-4-18(16-9-5-7-14(2)11-16)13-15-8-6-10-17(12-15)22(19,20)21-3;1-4-18(17-10-6-8-15(3)12-17)13-16-9-5-7-14(2)11-16;1-3-10-9-6-4-5-8(2)7-9/h5-12H,4,13H2,1-3H3;5-12H,4,13H2,1-3H3;4-7,10H,3H2,1-2H3. The van der Waals surface area contributed by atoms with Crippen LogP contribution in [-0.2, 0) is 27.4 Å². The zero-order valence-corrected chi connectivity index (χ0v) is 31.9. The smallest absolute Gasteiger partial charge is 0.296 e. The van der Waals surface area contributed by atoms with Gasteiger partial charge in [-0.05, 0) is 125 Å². The van der Waals surface area contributed by atoms with Gasteiger partial charge in [0, 0.05) is 49.8 Å². The predicted molar refractivity (Wildman–Crippen MR) is 213 cm³/mol. The molecule has 5 aromatic carbocycles. The topological polar surface area (TPSA) is 61.9 Å². The molecule has 266 valence electrons. The van der Waals surface area contributed by atoms with Crippen LogP contribution in [0.4, 0.5) is 17.1 Å². The Labute approximate surface area is 301 Å². The molecule has 6 nitrogen and oxygen atoms in total. The van der Waals surface area contributed by atoms with Gasteiger partial charge in [-0.15, -0.1) is 0 Å². The molecule has 0 aliphatic carbocycles. The molecule has 0 aliphatic heterocycles. The molecule has 0 radical (unpaired) electrons. The number of anilines is 3. The minimum Gasteiger partial charge on any atom is -0.385 e. The average Bonchev–Trinajstić information content (AvgIpc) is 3.10. The summed E-state index contributed by atoms with van der Waals surface area (Å²) >= 11 is 0. The van der Waals surface area contributed by atoms with Crippen molar-refractivity contribution < 1.29 is 12.6 Å². The highest BCUT2D eigenvalue weighted by Gasteiger charge is 2.14. The maximum atomic E-state index is 11.8. The van der Waals surface area contributed by atoms with Gasteiger partial charge >= 0.3 is 0 Å². The van der Waals surface area contributed by atoms with Crippen LogP contribution in [0.15, 0.2) is 126 Å². The fourth-order valence-electron chi connectivity index (χ4n) is 5.53. The summed E-state index contributed by atoms with van der Waals surface area (Å²) in [6, 6.07) is 41.0. The van der Waals surface area contributed by atoms with E-state index in [0.717, 1.165) is 37.4 Å². The van der Waals surface area contributed by atoms with Crippen LogP contribution in [0.25, 0.3) is 0 Å². The molecule has 0 saturated carbocycles. The van der Waals surface area contributed by atoms with E-state index in [0.29, 0.717) is 6.54 Å². The van der Waals surface area contributed by atoms with Crippen molar-refractivity contribution in [3.8, 4) is 0 Å². The molecule has 0 aromatic heterocycles. The summed E-state index contributed by atoms with van der Waals surface area (Å²) in [5.74, 6) is 0. The van der Waals surface area contributed by atoms with E-state index in [-0.39, 0.29) is 4.90 Å². The molecule has 0 amide bonds. The van der Waals surface area contributed by atoms with Crippen LogP contribution in [0.5, 0.6) is 0 Å². The summed E-state index contributed by atoms with van der Waals surface area (Å²) in [7, 11) is -2.48. The van der Waals surface area contributed by atoms with Crippen LogP contribution in [-0.4, -0.2) is 35.2 Å². The minimum absolute atomic E-state index is 0.188. The van der Waals surface area contributed by atoms with E-state index in [1.807, 2.05) is 12.1 Å². The molecule has 5 rings (SSSR count). The summed E-state index contributed by atoms with van der Waals surface area (Å²) < 4.78 is 28.1. The lowest BCUT2D eigenvalue weighted by atomic mass is 10.1. The van der Waals surface area contributed by atoms with Crippen LogP contribution >= 0.6 is 0 Å². The summed E-state index contributed by atoms with van der Waals surface area (Å²) in [5.41, 5.74) is 11.1. The van der Waals surface area contributed by atoms with Crippen molar-refractivity contribution in [1.82, 2.24) is 0 Å². The van der Waals surface area contributed by atoms with Crippen LogP contribution < -0.4 is 15.1 Å². The molecule has 0 bridgehead atoms. The first-order chi connectivity index (χ1) is 24.0. The van der Waals surface area contributed by atoms with Gasteiger partial charge in [0.15, 0.2) is 0 Å². The molecule has 0 aliphatic rings. The van der Waals surface area contributed by atoms with Crippen LogP contribution in [0.3, 0.4) is 0 Å². The maximum absolute atomic E-state index is 11.8. The van der Waals surface area contributed by atoms with E-state index in [2.05, 4.69) is 159 Å². The van der Waals surface area contributed by atoms with Gasteiger partial charge in [0.25, 0.3) is 10.1 Å². The van der Waals surface area contributed by atoms with Gasteiger partial charge in [-0.3, -0.25) is 4.18 Å². The fraction of sp³-hybridized carbons (Fsp3) is 0.302. The van der Waals surface area contributed by atoms with Crippen molar-refractivity contribution in [3.63, 3.8) is 0 Å². The minimum atomic E-state index is -3.65. The lowest BCUT2D eigenvalue weighted by molar-refractivity contribution is 0.397. The number of benzene rings is 5. The van der Waals surface area contributed by atoms with E-state index in [1.165, 1.54) is 46.3 Å². The van der Waals surface area contributed by atoms with E-state index >= 15 is 0 Å². The van der Waals surface area contributed by atoms with Crippen LogP contribution in [0.1, 0.15) is 54.2 Å². The Hall–Kier alpha value is -4.59. The van der Waals surface area contributed by atoms with Gasteiger partial charge in [-0.25, -0.2) is 0 Å². The lowest BCUT2D eigenvalue weighted by Crippen LogP contribution is -2.22. The maximum Gasteiger partial charge on any atom is 0.296 e. The number of rotatable bonds is 12. The summed E-state index contributed by atoms with van der Waals surface area (Å²) in [5, 5.41) is 3.25. The highest BCUT2D eigenvalue weighted by Crippen LogP contribution is 2.21. The Morgan fingerprint density at radius 2 is 1.00 bits per heavy atom. The van der Waals surface area contributed by atoms with Crippen molar-refractivity contribution >= 4 is 27.2 Å². The zero-order valence-electron chi connectivity index (χ0n) is 31.1.